The van der Waals surface area contributed by atoms with Gasteiger partial charge in [-0.15, -0.1) is 0 Å². The van der Waals surface area contributed by atoms with Gasteiger partial charge in [0.1, 0.15) is 0 Å². The van der Waals surface area contributed by atoms with Gasteiger partial charge in [-0.2, -0.15) is 0 Å². The lowest BCUT2D eigenvalue weighted by Gasteiger charge is -2.46. The van der Waals surface area contributed by atoms with E-state index in [0.717, 1.165) is 35.5 Å². The summed E-state index contributed by atoms with van der Waals surface area (Å²) in [4.78, 5) is 0. The highest BCUT2D eigenvalue weighted by molar-refractivity contribution is 5.29. The minimum Gasteiger partial charge on any atom is -0.0805 e. The van der Waals surface area contributed by atoms with Crippen molar-refractivity contribution in [2.45, 2.75) is 46.0 Å². The molecule has 0 aromatic rings. The van der Waals surface area contributed by atoms with Crippen molar-refractivity contribution < 1.29 is 0 Å². The van der Waals surface area contributed by atoms with E-state index in [0.29, 0.717) is 5.41 Å². The van der Waals surface area contributed by atoms with Crippen LogP contribution in [0.3, 0.4) is 0 Å². The molecule has 118 valence electrons. The molecule has 0 nitrogen and oxygen atoms in total. The summed E-state index contributed by atoms with van der Waals surface area (Å²) < 4.78 is 0. The second-order valence-corrected chi connectivity index (χ2v) is 8.22. The van der Waals surface area contributed by atoms with Gasteiger partial charge in [0.25, 0.3) is 0 Å². The molecule has 0 bridgehead atoms. The van der Waals surface area contributed by atoms with Crippen LogP contribution < -0.4 is 0 Å². The van der Waals surface area contributed by atoms with Crippen molar-refractivity contribution in [2.75, 3.05) is 0 Å². The van der Waals surface area contributed by atoms with E-state index in [1.165, 1.54) is 32.1 Å². The summed E-state index contributed by atoms with van der Waals surface area (Å²) in [5.41, 5.74) is 0.504. The highest BCUT2D eigenvalue weighted by Crippen LogP contribution is 2.61. The Kier molecular flexibility index (Phi) is 3.67. The summed E-state index contributed by atoms with van der Waals surface area (Å²) in [5.74, 6) is 4.72. The van der Waals surface area contributed by atoms with E-state index < -0.39 is 0 Å². The second-order valence-electron chi connectivity index (χ2n) is 8.22. The van der Waals surface area contributed by atoms with Crippen LogP contribution in [0.1, 0.15) is 46.0 Å². The molecule has 0 radical (unpaired) electrons. The van der Waals surface area contributed by atoms with E-state index in [2.05, 4.69) is 62.5 Å². The molecule has 0 N–H and O–H groups in total. The smallest absolute Gasteiger partial charge is 0.00954 e. The Morgan fingerprint density at radius 1 is 0.773 bits per heavy atom. The van der Waals surface area contributed by atoms with E-state index >= 15 is 0 Å². The number of fused-ring (bicyclic) bond motifs is 3. The molecular weight excluding hydrogens is 264 g/mol. The molecule has 0 aromatic carbocycles. The lowest BCUT2D eigenvalue weighted by molar-refractivity contribution is 0.0501. The fourth-order valence-electron chi connectivity index (χ4n) is 6.29. The molecule has 2 fully saturated rings. The maximum Gasteiger partial charge on any atom is -0.00954 e. The van der Waals surface area contributed by atoms with Crippen molar-refractivity contribution in [3.05, 3.63) is 48.6 Å². The van der Waals surface area contributed by atoms with Crippen LogP contribution in [0.25, 0.3) is 0 Å². The van der Waals surface area contributed by atoms with Gasteiger partial charge in [0.15, 0.2) is 0 Å². The zero-order chi connectivity index (χ0) is 15.2. The Morgan fingerprint density at radius 3 is 1.68 bits per heavy atom. The summed E-state index contributed by atoms with van der Waals surface area (Å²) in [6.07, 6.45) is 26.4. The Morgan fingerprint density at radius 2 is 1.23 bits per heavy atom. The van der Waals surface area contributed by atoms with E-state index in [1.54, 1.807) is 0 Å². The lowest BCUT2D eigenvalue weighted by Crippen LogP contribution is -2.39. The molecule has 4 unspecified atom stereocenters. The van der Waals surface area contributed by atoms with Crippen molar-refractivity contribution in [1.82, 2.24) is 0 Å². The Balaban J connectivity index is 1.74. The zero-order valence-electron chi connectivity index (χ0n) is 14.1. The normalized spacial score (nSPS) is 42.4. The molecule has 0 aliphatic heterocycles. The van der Waals surface area contributed by atoms with Gasteiger partial charge in [0, 0.05) is 0 Å². The molecule has 0 heteroatoms. The van der Waals surface area contributed by atoms with Crippen LogP contribution in [0.5, 0.6) is 0 Å². The van der Waals surface area contributed by atoms with Crippen LogP contribution in [0.2, 0.25) is 0 Å². The van der Waals surface area contributed by atoms with Gasteiger partial charge < -0.3 is 0 Å². The topological polar surface area (TPSA) is 0 Å². The predicted molar refractivity (Wildman–Crippen MR) is 94.4 cm³/mol. The minimum absolute atomic E-state index is 0.504. The SMILES string of the molecule is CCC(C)(C1CCCC1)C1C2C=CC=C[C@H]2[C@H]2C=CC=CC12. The van der Waals surface area contributed by atoms with Crippen LogP contribution in [-0.2, 0) is 0 Å². The average molecular weight is 294 g/mol. The third kappa shape index (κ3) is 2.02. The maximum absolute atomic E-state index is 2.63. The minimum atomic E-state index is 0.504. The fourth-order valence-corrected chi connectivity index (χ4v) is 6.29. The van der Waals surface area contributed by atoms with Crippen molar-refractivity contribution in [3.8, 4) is 0 Å². The first kappa shape index (κ1) is 14.5. The van der Waals surface area contributed by atoms with E-state index in [9.17, 15) is 0 Å². The van der Waals surface area contributed by atoms with Gasteiger partial charge in [-0.1, -0.05) is 81.7 Å². The molecule has 4 aliphatic rings. The van der Waals surface area contributed by atoms with Gasteiger partial charge >= 0.3 is 0 Å². The first-order chi connectivity index (χ1) is 10.8. The number of hydrogen-bond donors (Lipinski definition) is 0. The van der Waals surface area contributed by atoms with Crippen molar-refractivity contribution in [3.63, 3.8) is 0 Å². The second kappa shape index (κ2) is 5.55. The van der Waals surface area contributed by atoms with E-state index in [-0.39, 0.29) is 0 Å². The predicted octanol–water partition coefficient (Wildman–Crippen LogP) is 5.94. The van der Waals surface area contributed by atoms with Crippen molar-refractivity contribution in [2.24, 2.45) is 40.9 Å². The number of allylic oxidation sites excluding steroid dienone is 8. The Bertz CT molecular complexity index is 494. The van der Waals surface area contributed by atoms with Crippen LogP contribution in [-0.4, -0.2) is 0 Å². The maximum atomic E-state index is 2.63. The fraction of sp³-hybridized carbons (Fsp3) is 0.636. The Labute approximate surface area is 136 Å². The highest BCUT2D eigenvalue weighted by Gasteiger charge is 2.55. The largest absolute Gasteiger partial charge is 0.0805 e. The van der Waals surface area contributed by atoms with Gasteiger partial charge in [0.05, 0.1) is 0 Å². The molecule has 0 heterocycles. The highest BCUT2D eigenvalue weighted by atomic mass is 14.6. The summed E-state index contributed by atoms with van der Waals surface area (Å²) in [5, 5.41) is 0. The molecule has 4 aliphatic carbocycles. The van der Waals surface area contributed by atoms with Crippen LogP contribution in [0.4, 0.5) is 0 Å². The Hall–Kier alpha value is -1.04. The molecule has 2 saturated carbocycles. The number of rotatable bonds is 3. The summed E-state index contributed by atoms with van der Waals surface area (Å²) in [6.45, 7) is 5.08. The standard InChI is InChI=1S/C22H30/c1-3-22(2,16-10-4-5-11-16)21-19-14-8-6-12-17(19)18-13-7-9-15-20(18)21/h6-9,12-21H,3-5,10-11H2,1-2H3/t17-,18+,19?,20?,21?,22?. The molecule has 4 rings (SSSR count). The van der Waals surface area contributed by atoms with Crippen molar-refractivity contribution in [1.29, 1.82) is 0 Å². The van der Waals surface area contributed by atoms with Crippen LogP contribution in [0.15, 0.2) is 48.6 Å². The van der Waals surface area contributed by atoms with Gasteiger partial charge in [0.2, 0.25) is 0 Å². The summed E-state index contributed by atoms with van der Waals surface area (Å²) in [6, 6.07) is 0. The first-order valence-corrected chi connectivity index (χ1v) is 9.45. The third-order valence-electron chi connectivity index (χ3n) is 7.53. The van der Waals surface area contributed by atoms with Gasteiger partial charge in [-0.05, 0) is 53.8 Å². The molecule has 0 amide bonds. The molecular formula is C22H30. The van der Waals surface area contributed by atoms with Crippen molar-refractivity contribution >= 4 is 0 Å². The first-order valence-electron chi connectivity index (χ1n) is 9.45. The number of hydrogen-bond acceptors (Lipinski definition) is 0. The molecule has 22 heavy (non-hydrogen) atoms. The van der Waals surface area contributed by atoms with Crippen LogP contribution in [0, 0.1) is 40.9 Å². The zero-order valence-corrected chi connectivity index (χ0v) is 14.1. The third-order valence-corrected chi connectivity index (χ3v) is 7.53. The van der Waals surface area contributed by atoms with Gasteiger partial charge in [-0.3, -0.25) is 0 Å². The monoisotopic (exact) mass is 294 g/mol. The molecule has 0 spiro atoms. The summed E-state index contributed by atoms with van der Waals surface area (Å²) >= 11 is 0. The molecule has 0 saturated heterocycles. The quantitative estimate of drug-likeness (QED) is 0.604. The molecule has 6 atom stereocenters. The van der Waals surface area contributed by atoms with E-state index in [1.807, 2.05) is 0 Å². The van der Waals surface area contributed by atoms with Crippen LogP contribution >= 0.6 is 0 Å². The van der Waals surface area contributed by atoms with E-state index in [4.69, 9.17) is 0 Å². The average Bonchev–Trinajstić information content (AvgIpc) is 3.21. The van der Waals surface area contributed by atoms with Gasteiger partial charge in [-0.25, -0.2) is 0 Å². The molecule has 0 aromatic heterocycles. The summed E-state index contributed by atoms with van der Waals surface area (Å²) in [7, 11) is 0. The lowest BCUT2D eigenvalue weighted by atomic mass is 9.59.